The smallest absolute Gasteiger partial charge is 0.255 e. The topological polar surface area (TPSA) is 49.4 Å². The molecule has 0 saturated carbocycles. The maximum Gasteiger partial charge on any atom is 0.255 e. The van der Waals surface area contributed by atoms with Crippen molar-refractivity contribution in [1.29, 1.82) is 0 Å². The number of carbonyl (C=O) groups excluding carboxylic acids is 2. The van der Waals surface area contributed by atoms with Crippen molar-refractivity contribution in [1.82, 2.24) is 0 Å². The summed E-state index contributed by atoms with van der Waals surface area (Å²) in [5.74, 6) is -0.385. The van der Waals surface area contributed by atoms with Crippen molar-refractivity contribution in [2.24, 2.45) is 0 Å². The lowest BCUT2D eigenvalue weighted by Gasteiger charge is -2.25. The van der Waals surface area contributed by atoms with Crippen molar-refractivity contribution >= 4 is 23.2 Å². The van der Waals surface area contributed by atoms with Gasteiger partial charge < -0.3 is 5.32 Å². The molecule has 3 rings (SSSR count). The first-order valence-corrected chi connectivity index (χ1v) is 6.49. The minimum absolute atomic E-state index is 0.142. The molecule has 0 fully saturated rings. The molecule has 20 heavy (non-hydrogen) atoms. The monoisotopic (exact) mass is 266 g/mol. The number of allylic oxidation sites excluding steroid dienone is 2. The van der Waals surface area contributed by atoms with Crippen LogP contribution < -0.4 is 10.2 Å². The molecule has 0 unspecified atom stereocenters. The zero-order chi connectivity index (χ0) is 14.1. The molecule has 2 aliphatic rings. The molecule has 100 valence electrons. The second kappa shape index (κ2) is 4.81. The number of nitrogens with zero attached hydrogens (tertiary/aromatic N) is 1. The van der Waals surface area contributed by atoms with Crippen LogP contribution in [0.2, 0.25) is 0 Å². The van der Waals surface area contributed by atoms with E-state index < -0.39 is 0 Å². The van der Waals surface area contributed by atoms with Gasteiger partial charge >= 0.3 is 0 Å². The summed E-state index contributed by atoms with van der Waals surface area (Å²) in [5.41, 5.74) is 2.58. The number of benzene rings is 1. The molecule has 1 aliphatic carbocycles. The number of amides is 2. The molecule has 1 aromatic carbocycles. The predicted octanol–water partition coefficient (Wildman–Crippen LogP) is 2.76. The standard InChI is InChI=1S/C16H14N2O2/c1-2-15(19)18-13-9-5-3-7-11(13)16(20)17-12-8-4-6-10-14(12)18/h2,4-6,8-10H,1,3,7H2,(H,17,20). The Bertz CT molecular complexity index is 671. The van der Waals surface area contributed by atoms with Gasteiger partial charge in [0, 0.05) is 5.57 Å². The molecule has 0 bridgehead atoms. The summed E-state index contributed by atoms with van der Waals surface area (Å²) in [5, 5.41) is 2.87. The highest BCUT2D eigenvalue weighted by atomic mass is 16.2. The van der Waals surface area contributed by atoms with Crippen molar-refractivity contribution < 1.29 is 9.59 Å². The van der Waals surface area contributed by atoms with Crippen LogP contribution in [0.1, 0.15) is 12.8 Å². The lowest BCUT2D eigenvalue weighted by molar-refractivity contribution is -0.113. The third-order valence-corrected chi connectivity index (χ3v) is 3.45. The Hall–Kier alpha value is -2.62. The quantitative estimate of drug-likeness (QED) is 0.795. The Balaban J connectivity index is 2.25. The number of anilines is 2. The van der Waals surface area contributed by atoms with Gasteiger partial charge in [-0.3, -0.25) is 14.5 Å². The van der Waals surface area contributed by atoms with Gasteiger partial charge in [0.05, 0.1) is 17.1 Å². The van der Waals surface area contributed by atoms with Crippen LogP contribution >= 0.6 is 0 Å². The van der Waals surface area contributed by atoms with E-state index in [9.17, 15) is 9.59 Å². The first-order valence-electron chi connectivity index (χ1n) is 6.49. The first kappa shape index (κ1) is 12.4. The number of para-hydroxylation sites is 2. The van der Waals surface area contributed by atoms with Gasteiger partial charge in [-0.1, -0.05) is 24.8 Å². The van der Waals surface area contributed by atoms with E-state index in [-0.39, 0.29) is 11.8 Å². The summed E-state index contributed by atoms with van der Waals surface area (Å²) >= 11 is 0. The zero-order valence-corrected chi connectivity index (χ0v) is 10.9. The van der Waals surface area contributed by atoms with Crippen molar-refractivity contribution in [3.8, 4) is 0 Å². The fourth-order valence-electron chi connectivity index (χ4n) is 2.52. The van der Waals surface area contributed by atoms with Crippen LogP contribution in [0.25, 0.3) is 0 Å². The van der Waals surface area contributed by atoms with Gasteiger partial charge in [-0.05, 0) is 37.1 Å². The van der Waals surface area contributed by atoms with Gasteiger partial charge in [-0.2, -0.15) is 0 Å². The van der Waals surface area contributed by atoms with Crippen molar-refractivity contribution in [2.45, 2.75) is 12.8 Å². The summed E-state index contributed by atoms with van der Waals surface area (Å²) in [6.45, 7) is 3.55. The van der Waals surface area contributed by atoms with Gasteiger partial charge in [0.15, 0.2) is 0 Å². The van der Waals surface area contributed by atoms with E-state index in [1.165, 1.54) is 6.08 Å². The summed E-state index contributed by atoms with van der Waals surface area (Å²) in [6.07, 6.45) is 6.51. The maximum atomic E-state index is 12.3. The summed E-state index contributed by atoms with van der Waals surface area (Å²) < 4.78 is 0. The minimum Gasteiger partial charge on any atom is -0.320 e. The zero-order valence-electron chi connectivity index (χ0n) is 10.9. The van der Waals surface area contributed by atoms with Crippen LogP contribution in [-0.4, -0.2) is 11.8 Å². The van der Waals surface area contributed by atoms with E-state index in [2.05, 4.69) is 11.9 Å². The maximum absolute atomic E-state index is 12.3. The molecule has 0 saturated heterocycles. The molecule has 1 heterocycles. The average Bonchev–Trinajstić information content (AvgIpc) is 2.61. The third kappa shape index (κ3) is 1.86. The van der Waals surface area contributed by atoms with Crippen LogP contribution in [0, 0.1) is 0 Å². The van der Waals surface area contributed by atoms with Crippen LogP contribution in [0.3, 0.4) is 0 Å². The molecular weight excluding hydrogens is 252 g/mol. The molecule has 1 aromatic rings. The van der Waals surface area contributed by atoms with Gasteiger partial charge in [0.2, 0.25) is 0 Å². The van der Waals surface area contributed by atoms with E-state index in [0.29, 0.717) is 29.1 Å². The van der Waals surface area contributed by atoms with Crippen molar-refractivity contribution in [2.75, 3.05) is 10.2 Å². The molecule has 1 aliphatic heterocycles. The normalized spacial score (nSPS) is 17.0. The Morgan fingerprint density at radius 1 is 1.35 bits per heavy atom. The van der Waals surface area contributed by atoms with Gasteiger partial charge in [0.25, 0.3) is 11.8 Å². The highest BCUT2D eigenvalue weighted by Gasteiger charge is 2.29. The number of fused-ring (bicyclic) bond motifs is 1. The first-order chi connectivity index (χ1) is 9.72. The van der Waals surface area contributed by atoms with Gasteiger partial charge in [-0.15, -0.1) is 0 Å². The molecule has 0 radical (unpaired) electrons. The average molecular weight is 266 g/mol. The van der Waals surface area contributed by atoms with E-state index in [4.69, 9.17) is 0 Å². The predicted molar refractivity (Wildman–Crippen MR) is 78.2 cm³/mol. The Morgan fingerprint density at radius 3 is 2.95 bits per heavy atom. The van der Waals surface area contributed by atoms with E-state index >= 15 is 0 Å². The number of rotatable bonds is 1. The summed E-state index contributed by atoms with van der Waals surface area (Å²) in [7, 11) is 0. The highest BCUT2D eigenvalue weighted by Crippen LogP contribution is 2.36. The second-order valence-corrected chi connectivity index (χ2v) is 4.65. The van der Waals surface area contributed by atoms with Gasteiger partial charge in [0.1, 0.15) is 0 Å². The summed E-state index contributed by atoms with van der Waals surface area (Å²) in [6, 6.07) is 7.27. The third-order valence-electron chi connectivity index (χ3n) is 3.45. The van der Waals surface area contributed by atoms with E-state index in [0.717, 1.165) is 6.42 Å². The molecule has 4 nitrogen and oxygen atoms in total. The minimum atomic E-state index is -0.243. The molecule has 4 heteroatoms. The fourth-order valence-corrected chi connectivity index (χ4v) is 2.52. The SMILES string of the molecule is C=CC(=O)N1C2=C(CCC=C2)C(=O)Nc2ccccc21. The second-order valence-electron chi connectivity index (χ2n) is 4.65. The lowest BCUT2D eigenvalue weighted by Crippen LogP contribution is -2.29. The number of nitrogens with one attached hydrogen (secondary N) is 1. The van der Waals surface area contributed by atoms with Crippen LogP contribution in [0.4, 0.5) is 11.4 Å². The largest absolute Gasteiger partial charge is 0.320 e. The molecule has 0 spiro atoms. The van der Waals surface area contributed by atoms with Crippen molar-refractivity contribution in [3.63, 3.8) is 0 Å². The molecule has 0 aromatic heterocycles. The molecule has 2 amide bonds. The van der Waals surface area contributed by atoms with Crippen LogP contribution in [0.15, 0.2) is 60.3 Å². The highest BCUT2D eigenvalue weighted by molar-refractivity contribution is 6.15. The number of hydrogen-bond donors (Lipinski definition) is 1. The molecule has 0 atom stereocenters. The van der Waals surface area contributed by atoms with Crippen LogP contribution in [0.5, 0.6) is 0 Å². The van der Waals surface area contributed by atoms with E-state index in [1.807, 2.05) is 30.4 Å². The number of hydrogen-bond acceptors (Lipinski definition) is 2. The molecule has 1 N–H and O–H groups in total. The Kier molecular flexibility index (Phi) is 2.99. The van der Waals surface area contributed by atoms with Crippen molar-refractivity contribution in [3.05, 3.63) is 60.3 Å². The Labute approximate surface area is 117 Å². The van der Waals surface area contributed by atoms with Crippen LogP contribution in [-0.2, 0) is 9.59 Å². The summed E-state index contributed by atoms with van der Waals surface area (Å²) in [4.78, 5) is 26.1. The van der Waals surface area contributed by atoms with Gasteiger partial charge in [-0.25, -0.2) is 0 Å². The molecular formula is C16H14N2O2. The lowest BCUT2D eigenvalue weighted by atomic mass is 10.0. The van der Waals surface area contributed by atoms with E-state index in [1.54, 1.807) is 11.0 Å². The fraction of sp³-hybridized carbons (Fsp3) is 0.125. The number of carbonyl (C=O) groups is 2. The Morgan fingerprint density at radius 2 is 2.15 bits per heavy atom.